The second-order valence-corrected chi connectivity index (χ2v) is 6.79. The van der Waals surface area contributed by atoms with Gasteiger partial charge in [0.25, 0.3) is 0 Å². The van der Waals surface area contributed by atoms with Gasteiger partial charge in [-0.3, -0.25) is 4.90 Å². The van der Waals surface area contributed by atoms with Gasteiger partial charge in [0.05, 0.1) is 0 Å². The van der Waals surface area contributed by atoms with E-state index in [4.69, 9.17) is 5.73 Å². The second-order valence-electron chi connectivity index (χ2n) is 5.38. The lowest BCUT2D eigenvalue weighted by atomic mass is 10.1. The molecule has 1 aliphatic heterocycles. The molecule has 0 spiro atoms. The molecule has 2 aliphatic rings. The molecular formula is C15H22N2S. The average Bonchev–Trinajstić information content (AvgIpc) is 2.77. The zero-order chi connectivity index (χ0) is 12.5. The van der Waals surface area contributed by atoms with Crippen molar-refractivity contribution in [3.63, 3.8) is 0 Å². The van der Waals surface area contributed by atoms with Crippen molar-refractivity contribution in [2.75, 3.05) is 18.8 Å². The maximum atomic E-state index is 6.28. The lowest BCUT2D eigenvalue weighted by Gasteiger charge is -2.36. The van der Waals surface area contributed by atoms with Crippen molar-refractivity contribution < 1.29 is 0 Å². The zero-order valence-electron chi connectivity index (χ0n) is 11.0. The summed E-state index contributed by atoms with van der Waals surface area (Å²) in [6, 6.07) is 9.54. The molecule has 1 saturated heterocycles. The maximum absolute atomic E-state index is 6.28. The van der Waals surface area contributed by atoms with Gasteiger partial charge in [0.2, 0.25) is 0 Å². The largest absolute Gasteiger partial charge is 0.324 e. The van der Waals surface area contributed by atoms with Crippen LogP contribution in [0.1, 0.15) is 43.0 Å². The van der Waals surface area contributed by atoms with E-state index in [9.17, 15) is 0 Å². The van der Waals surface area contributed by atoms with Crippen LogP contribution in [-0.2, 0) is 0 Å². The van der Waals surface area contributed by atoms with Crippen LogP contribution in [0, 0.1) is 0 Å². The number of rotatable bonds is 2. The van der Waals surface area contributed by atoms with E-state index in [1.165, 1.54) is 36.4 Å². The van der Waals surface area contributed by atoms with Gasteiger partial charge in [-0.1, -0.05) is 31.2 Å². The molecule has 1 heterocycles. The van der Waals surface area contributed by atoms with Gasteiger partial charge in [-0.25, -0.2) is 0 Å². The van der Waals surface area contributed by atoms with Crippen LogP contribution in [0.15, 0.2) is 24.3 Å². The third kappa shape index (κ3) is 2.20. The van der Waals surface area contributed by atoms with E-state index in [0.717, 1.165) is 11.7 Å². The molecule has 3 unspecified atom stereocenters. The Morgan fingerprint density at radius 1 is 1.33 bits per heavy atom. The molecule has 1 aromatic rings. The molecule has 3 atom stereocenters. The van der Waals surface area contributed by atoms with Gasteiger partial charge in [0, 0.05) is 36.2 Å². The third-order valence-electron chi connectivity index (χ3n) is 4.30. The highest BCUT2D eigenvalue weighted by Crippen LogP contribution is 2.42. The van der Waals surface area contributed by atoms with E-state index in [0.29, 0.717) is 6.04 Å². The number of nitrogens with two attached hydrogens (primary N) is 1. The Hall–Kier alpha value is -0.510. The van der Waals surface area contributed by atoms with Crippen molar-refractivity contribution in [1.82, 2.24) is 4.90 Å². The van der Waals surface area contributed by atoms with Crippen molar-refractivity contribution in [1.29, 1.82) is 0 Å². The topological polar surface area (TPSA) is 29.3 Å². The van der Waals surface area contributed by atoms with Gasteiger partial charge in [-0.15, -0.1) is 0 Å². The van der Waals surface area contributed by atoms with Crippen molar-refractivity contribution in [3.8, 4) is 0 Å². The van der Waals surface area contributed by atoms with Gasteiger partial charge in [-0.05, 0) is 24.0 Å². The zero-order valence-corrected chi connectivity index (χ0v) is 11.8. The second kappa shape index (κ2) is 5.24. The Balaban J connectivity index is 1.81. The van der Waals surface area contributed by atoms with E-state index in [1.54, 1.807) is 0 Å². The summed E-state index contributed by atoms with van der Waals surface area (Å²) in [5, 5.41) is 0.808. The number of thioether (sulfide) groups is 1. The highest BCUT2D eigenvalue weighted by Gasteiger charge is 2.34. The Morgan fingerprint density at radius 3 is 2.89 bits per heavy atom. The van der Waals surface area contributed by atoms with Crippen LogP contribution in [0.25, 0.3) is 0 Å². The molecule has 1 aliphatic carbocycles. The van der Waals surface area contributed by atoms with Crippen molar-refractivity contribution in [2.45, 2.75) is 37.1 Å². The molecule has 0 saturated carbocycles. The first kappa shape index (κ1) is 12.5. The van der Waals surface area contributed by atoms with Crippen molar-refractivity contribution in [2.24, 2.45) is 5.73 Å². The molecule has 3 rings (SSSR count). The Morgan fingerprint density at radius 2 is 2.11 bits per heavy atom. The predicted molar refractivity (Wildman–Crippen MR) is 78.8 cm³/mol. The fourth-order valence-electron chi connectivity index (χ4n) is 3.26. The molecular weight excluding hydrogens is 240 g/mol. The Bertz CT molecular complexity index is 421. The SMILES string of the molecule is CCC1CN(C2CC(N)c3ccccc32)CCS1. The van der Waals surface area contributed by atoms with Crippen LogP contribution < -0.4 is 5.73 Å². The molecule has 18 heavy (non-hydrogen) atoms. The van der Waals surface area contributed by atoms with Crippen LogP contribution in [0.3, 0.4) is 0 Å². The van der Waals surface area contributed by atoms with Crippen LogP contribution in [-0.4, -0.2) is 29.0 Å². The monoisotopic (exact) mass is 262 g/mol. The molecule has 2 nitrogen and oxygen atoms in total. The lowest BCUT2D eigenvalue weighted by Crippen LogP contribution is -2.39. The molecule has 0 bridgehead atoms. The van der Waals surface area contributed by atoms with E-state index >= 15 is 0 Å². The van der Waals surface area contributed by atoms with E-state index in [1.807, 2.05) is 0 Å². The van der Waals surface area contributed by atoms with Crippen LogP contribution >= 0.6 is 11.8 Å². The number of hydrogen-bond donors (Lipinski definition) is 1. The van der Waals surface area contributed by atoms with E-state index in [2.05, 4.69) is 47.9 Å². The molecule has 2 N–H and O–H groups in total. The summed E-state index contributed by atoms with van der Waals surface area (Å²) in [6.45, 7) is 4.75. The van der Waals surface area contributed by atoms with Crippen LogP contribution in [0.5, 0.6) is 0 Å². The van der Waals surface area contributed by atoms with Crippen molar-refractivity contribution in [3.05, 3.63) is 35.4 Å². The number of fused-ring (bicyclic) bond motifs is 1. The van der Waals surface area contributed by atoms with E-state index < -0.39 is 0 Å². The summed E-state index contributed by atoms with van der Waals surface area (Å²) in [6.07, 6.45) is 2.38. The molecule has 0 radical (unpaired) electrons. The first-order chi connectivity index (χ1) is 8.79. The van der Waals surface area contributed by atoms with Crippen molar-refractivity contribution >= 4 is 11.8 Å². The quantitative estimate of drug-likeness (QED) is 0.888. The highest BCUT2D eigenvalue weighted by molar-refractivity contribution is 8.00. The number of nitrogens with zero attached hydrogens (tertiary/aromatic N) is 1. The minimum absolute atomic E-state index is 0.237. The summed E-state index contributed by atoms with van der Waals surface area (Å²) >= 11 is 2.13. The summed E-state index contributed by atoms with van der Waals surface area (Å²) in [5.41, 5.74) is 9.13. The fraction of sp³-hybridized carbons (Fsp3) is 0.600. The molecule has 1 aromatic carbocycles. The molecule has 0 aromatic heterocycles. The van der Waals surface area contributed by atoms with E-state index in [-0.39, 0.29) is 6.04 Å². The molecule has 0 amide bonds. The summed E-state index contributed by atoms with van der Waals surface area (Å²) in [4.78, 5) is 2.66. The number of hydrogen-bond acceptors (Lipinski definition) is 3. The predicted octanol–water partition coefficient (Wildman–Crippen LogP) is 2.96. The summed E-state index contributed by atoms with van der Waals surface area (Å²) in [7, 11) is 0. The lowest BCUT2D eigenvalue weighted by molar-refractivity contribution is 0.197. The smallest absolute Gasteiger partial charge is 0.0370 e. The highest BCUT2D eigenvalue weighted by atomic mass is 32.2. The fourth-order valence-corrected chi connectivity index (χ4v) is 4.47. The maximum Gasteiger partial charge on any atom is 0.0370 e. The standard InChI is InChI=1S/C15H22N2S/c1-2-11-10-17(7-8-18-11)15-9-14(16)12-5-3-4-6-13(12)15/h3-6,11,14-15H,2,7-10,16H2,1H3. The molecule has 3 heteroatoms. The van der Waals surface area contributed by atoms with Gasteiger partial charge in [-0.2, -0.15) is 11.8 Å². The minimum Gasteiger partial charge on any atom is -0.324 e. The van der Waals surface area contributed by atoms with Gasteiger partial charge in [0.1, 0.15) is 0 Å². The van der Waals surface area contributed by atoms with Crippen LogP contribution in [0.2, 0.25) is 0 Å². The normalized spacial score (nSPS) is 32.4. The molecule has 1 fully saturated rings. The summed E-state index contributed by atoms with van der Waals surface area (Å²) in [5.74, 6) is 1.27. The first-order valence-corrected chi connectivity index (χ1v) is 8.04. The first-order valence-electron chi connectivity index (χ1n) is 6.99. The van der Waals surface area contributed by atoms with Gasteiger partial charge in [0.15, 0.2) is 0 Å². The minimum atomic E-state index is 0.237. The third-order valence-corrected chi connectivity index (χ3v) is 5.67. The average molecular weight is 262 g/mol. The molecule has 98 valence electrons. The Kier molecular flexibility index (Phi) is 3.64. The van der Waals surface area contributed by atoms with Gasteiger partial charge < -0.3 is 5.73 Å². The Labute approximate surface area is 114 Å². The van der Waals surface area contributed by atoms with Crippen LogP contribution in [0.4, 0.5) is 0 Å². The number of benzene rings is 1. The summed E-state index contributed by atoms with van der Waals surface area (Å²) < 4.78 is 0. The van der Waals surface area contributed by atoms with Gasteiger partial charge >= 0.3 is 0 Å².